The number of hydrogen-bond acceptors (Lipinski definition) is 5. The van der Waals surface area contributed by atoms with Gasteiger partial charge in [0, 0.05) is 19.1 Å². The van der Waals surface area contributed by atoms with Gasteiger partial charge in [0.2, 0.25) is 0 Å². The van der Waals surface area contributed by atoms with E-state index in [1.165, 1.54) is 19.3 Å². The second kappa shape index (κ2) is 9.63. The van der Waals surface area contributed by atoms with Crippen LogP contribution in [0.1, 0.15) is 38.7 Å². The third-order valence-electron chi connectivity index (χ3n) is 4.77. The van der Waals surface area contributed by atoms with Gasteiger partial charge in [0.05, 0.1) is 0 Å². The van der Waals surface area contributed by atoms with Gasteiger partial charge in [-0.25, -0.2) is 0 Å². The van der Waals surface area contributed by atoms with E-state index in [-0.39, 0.29) is 18.3 Å². The Bertz CT molecular complexity index is 577. The number of nitrogens with one attached hydrogen (secondary N) is 2. The van der Waals surface area contributed by atoms with Gasteiger partial charge < -0.3 is 25.4 Å². The maximum atomic E-state index is 11.4. The lowest BCUT2D eigenvalue weighted by Gasteiger charge is -2.25. The smallest absolute Gasteiger partial charge is 0.262 e. The molecule has 0 spiro atoms. The molecule has 1 unspecified atom stereocenters. The highest BCUT2D eigenvalue weighted by atomic mass is 16.5. The van der Waals surface area contributed by atoms with Gasteiger partial charge in [0.15, 0.2) is 12.4 Å². The summed E-state index contributed by atoms with van der Waals surface area (Å²) in [5, 5.41) is 16.0. The van der Waals surface area contributed by atoms with Gasteiger partial charge in [0.1, 0.15) is 11.4 Å². The van der Waals surface area contributed by atoms with Crippen molar-refractivity contribution in [3.8, 4) is 11.5 Å². The molecule has 0 saturated carbocycles. The minimum absolute atomic E-state index is 0.00265. The number of likely N-dealkylation sites (N-methyl/N-ethyl adjacent to an activating group) is 1. The number of hydrogen-bond donors (Lipinski definition) is 3. The Labute approximate surface area is 150 Å². The molecule has 2 rings (SSSR count). The number of phenols is 1. The average molecular weight is 349 g/mol. The molecule has 1 aliphatic rings. The van der Waals surface area contributed by atoms with Gasteiger partial charge in [-0.3, -0.25) is 4.79 Å². The number of carbonyl (C=O) groups excluding carboxylic acids is 1. The van der Waals surface area contributed by atoms with Crippen LogP contribution in [0.25, 0.3) is 0 Å². The van der Waals surface area contributed by atoms with Crippen LogP contribution in [-0.2, 0) is 11.2 Å². The molecule has 1 aliphatic heterocycles. The van der Waals surface area contributed by atoms with Crippen molar-refractivity contribution in [1.29, 1.82) is 0 Å². The number of unbranched alkanes of at least 4 members (excludes halogenated alkanes) is 1. The van der Waals surface area contributed by atoms with Crippen LogP contribution in [0.4, 0.5) is 5.69 Å². The van der Waals surface area contributed by atoms with Crippen molar-refractivity contribution in [1.82, 2.24) is 10.2 Å². The van der Waals surface area contributed by atoms with Crippen LogP contribution in [0.2, 0.25) is 0 Å². The summed E-state index contributed by atoms with van der Waals surface area (Å²) in [5.41, 5.74) is 1.38. The first-order valence-corrected chi connectivity index (χ1v) is 9.21. The highest BCUT2D eigenvalue weighted by molar-refractivity contribution is 5.97. The predicted octanol–water partition coefficient (Wildman–Crippen LogP) is 2.37. The Hall–Kier alpha value is -1.79. The fourth-order valence-corrected chi connectivity index (χ4v) is 2.95. The zero-order chi connectivity index (χ0) is 18.2. The van der Waals surface area contributed by atoms with Crippen molar-refractivity contribution in [2.24, 2.45) is 0 Å². The number of carbonyl (C=O) groups is 1. The molecule has 140 valence electrons. The van der Waals surface area contributed by atoms with E-state index in [0.29, 0.717) is 17.5 Å². The number of benzene rings is 1. The van der Waals surface area contributed by atoms with Gasteiger partial charge in [-0.05, 0) is 45.0 Å². The quantitative estimate of drug-likeness (QED) is 0.447. The van der Waals surface area contributed by atoms with Crippen molar-refractivity contribution < 1.29 is 14.6 Å². The lowest BCUT2D eigenvalue weighted by molar-refractivity contribution is -0.118. The second-order valence-corrected chi connectivity index (χ2v) is 6.76. The molecule has 1 atom stereocenters. The molecular weight excluding hydrogens is 318 g/mol. The zero-order valence-electron chi connectivity index (χ0n) is 15.6. The third-order valence-corrected chi connectivity index (χ3v) is 4.77. The largest absolute Gasteiger partial charge is 0.506 e. The highest BCUT2D eigenvalue weighted by Gasteiger charge is 2.22. The Morgan fingerprint density at radius 1 is 1.40 bits per heavy atom. The molecule has 1 amide bonds. The van der Waals surface area contributed by atoms with E-state index >= 15 is 0 Å². The van der Waals surface area contributed by atoms with E-state index in [1.807, 2.05) is 6.07 Å². The van der Waals surface area contributed by atoms with Gasteiger partial charge in [-0.2, -0.15) is 0 Å². The summed E-state index contributed by atoms with van der Waals surface area (Å²) in [5.74, 6) is 0.396. The summed E-state index contributed by atoms with van der Waals surface area (Å²) in [6.45, 7) is 7.29. The fourth-order valence-electron chi connectivity index (χ4n) is 2.95. The molecule has 3 N–H and O–H groups in total. The topological polar surface area (TPSA) is 73.8 Å². The van der Waals surface area contributed by atoms with E-state index in [1.54, 1.807) is 6.07 Å². The Kier molecular flexibility index (Phi) is 7.52. The maximum Gasteiger partial charge on any atom is 0.262 e. The van der Waals surface area contributed by atoms with E-state index in [0.717, 1.165) is 31.6 Å². The van der Waals surface area contributed by atoms with E-state index in [2.05, 4.69) is 36.4 Å². The Morgan fingerprint density at radius 2 is 2.20 bits per heavy atom. The van der Waals surface area contributed by atoms with Crippen LogP contribution in [-0.4, -0.2) is 55.2 Å². The summed E-state index contributed by atoms with van der Waals surface area (Å²) in [6, 6.07) is 4.07. The lowest BCUT2D eigenvalue weighted by atomic mass is 10.1. The monoisotopic (exact) mass is 349 g/mol. The normalized spacial score (nSPS) is 14.8. The number of nitrogens with zero attached hydrogens (tertiary/aromatic N) is 1. The number of fused-ring (bicyclic) bond motifs is 1. The maximum absolute atomic E-state index is 11.4. The van der Waals surface area contributed by atoms with Gasteiger partial charge in [-0.1, -0.05) is 25.8 Å². The zero-order valence-corrected chi connectivity index (χ0v) is 15.6. The molecule has 6 nitrogen and oxygen atoms in total. The minimum atomic E-state index is -0.238. The molecule has 0 radical (unpaired) electrons. The molecule has 0 bridgehead atoms. The van der Waals surface area contributed by atoms with E-state index in [4.69, 9.17) is 4.74 Å². The number of phenolic OH excluding ortho intramolecular Hbond substituents is 1. The fraction of sp³-hybridized carbons (Fsp3) is 0.632. The van der Waals surface area contributed by atoms with Crippen molar-refractivity contribution >= 4 is 11.6 Å². The van der Waals surface area contributed by atoms with Crippen molar-refractivity contribution in [2.75, 3.05) is 38.6 Å². The Balaban J connectivity index is 1.76. The van der Waals surface area contributed by atoms with Crippen LogP contribution in [0, 0.1) is 0 Å². The van der Waals surface area contributed by atoms with Crippen LogP contribution in [0.3, 0.4) is 0 Å². The standard InChI is InChI=1S/C19H31N3O3/c1-4-5-6-14(2)22(3)12-11-20-10-9-15-7-8-16(23)18-19(15)25-13-17(24)21-18/h7-8,14,20,23H,4-6,9-13H2,1-3H3,(H,21,24). The molecule has 1 aromatic rings. The molecule has 6 heteroatoms. The van der Waals surface area contributed by atoms with Gasteiger partial charge >= 0.3 is 0 Å². The molecule has 1 heterocycles. The molecule has 1 aromatic carbocycles. The van der Waals surface area contributed by atoms with Crippen LogP contribution < -0.4 is 15.4 Å². The summed E-state index contributed by atoms with van der Waals surface area (Å²) in [7, 11) is 2.18. The number of amides is 1. The van der Waals surface area contributed by atoms with Crippen molar-refractivity contribution in [3.63, 3.8) is 0 Å². The summed E-state index contributed by atoms with van der Waals surface area (Å²) >= 11 is 0. The molecule has 0 aliphatic carbocycles. The van der Waals surface area contributed by atoms with Crippen LogP contribution in [0.5, 0.6) is 11.5 Å². The van der Waals surface area contributed by atoms with E-state index < -0.39 is 0 Å². The third kappa shape index (κ3) is 5.61. The number of anilines is 1. The number of rotatable bonds is 10. The summed E-state index contributed by atoms with van der Waals surface area (Å²) in [4.78, 5) is 13.8. The first-order valence-electron chi connectivity index (χ1n) is 9.21. The van der Waals surface area contributed by atoms with Gasteiger partial charge in [-0.15, -0.1) is 0 Å². The second-order valence-electron chi connectivity index (χ2n) is 6.76. The summed E-state index contributed by atoms with van der Waals surface area (Å²) in [6.07, 6.45) is 4.56. The number of aromatic hydroxyl groups is 1. The first-order chi connectivity index (χ1) is 12.0. The number of ether oxygens (including phenoxy) is 1. The minimum Gasteiger partial charge on any atom is -0.506 e. The molecule has 25 heavy (non-hydrogen) atoms. The van der Waals surface area contributed by atoms with Gasteiger partial charge in [0.25, 0.3) is 5.91 Å². The lowest BCUT2D eigenvalue weighted by Crippen LogP contribution is -2.36. The highest BCUT2D eigenvalue weighted by Crippen LogP contribution is 2.39. The first kappa shape index (κ1) is 19.5. The SMILES string of the molecule is CCCCC(C)N(C)CCNCCc1ccc(O)c2c1OCC(=O)N2. The molecule has 0 saturated heterocycles. The predicted molar refractivity (Wildman–Crippen MR) is 100 cm³/mol. The summed E-state index contributed by atoms with van der Waals surface area (Å²) < 4.78 is 5.50. The van der Waals surface area contributed by atoms with Crippen molar-refractivity contribution in [2.45, 2.75) is 45.6 Å². The average Bonchev–Trinajstić information content (AvgIpc) is 2.61. The molecular formula is C19H31N3O3. The van der Waals surface area contributed by atoms with Crippen molar-refractivity contribution in [3.05, 3.63) is 17.7 Å². The van der Waals surface area contributed by atoms with E-state index in [9.17, 15) is 9.90 Å². The van der Waals surface area contributed by atoms with Crippen LogP contribution >= 0.6 is 0 Å². The Morgan fingerprint density at radius 3 is 2.96 bits per heavy atom. The molecule has 0 fully saturated rings. The molecule has 0 aromatic heterocycles. The van der Waals surface area contributed by atoms with Crippen LogP contribution in [0.15, 0.2) is 12.1 Å².